The van der Waals surface area contributed by atoms with E-state index in [9.17, 15) is 9.59 Å². The van der Waals surface area contributed by atoms with Gasteiger partial charge in [-0.15, -0.1) is 0 Å². The summed E-state index contributed by atoms with van der Waals surface area (Å²) in [4.78, 5) is 26.5. The Kier molecular flexibility index (Phi) is 6.01. The lowest BCUT2D eigenvalue weighted by Gasteiger charge is -2.26. The molecule has 2 aromatic rings. The molecule has 1 amide bonds. The van der Waals surface area contributed by atoms with Crippen molar-refractivity contribution in [2.75, 3.05) is 13.7 Å². The predicted octanol–water partition coefficient (Wildman–Crippen LogP) is 3.48. The number of amides is 1. The van der Waals surface area contributed by atoms with E-state index in [2.05, 4.69) is 0 Å². The first kappa shape index (κ1) is 19.2. The molecule has 2 atom stereocenters. The fourth-order valence-corrected chi connectivity index (χ4v) is 3.28. The van der Waals surface area contributed by atoms with Crippen molar-refractivity contribution < 1.29 is 19.1 Å². The van der Waals surface area contributed by atoms with Crippen LogP contribution in [0.3, 0.4) is 0 Å². The van der Waals surface area contributed by atoms with Crippen molar-refractivity contribution >= 4 is 23.5 Å². The minimum absolute atomic E-state index is 0.230. The summed E-state index contributed by atoms with van der Waals surface area (Å²) in [5.74, 6) is -0.400. The van der Waals surface area contributed by atoms with Crippen LogP contribution in [0.4, 0.5) is 0 Å². The fourth-order valence-electron chi connectivity index (χ4n) is 3.08. The molecule has 0 saturated carbocycles. The first-order valence-electron chi connectivity index (χ1n) is 8.84. The maximum atomic E-state index is 12.5. The number of carbonyl (C=O) groups is 2. The first-order valence-corrected chi connectivity index (χ1v) is 9.22. The Morgan fingerprint density at radius 1 is 1.26 bits per heavy atom. The van der Waals surface area contributed by atoms with Crippen LogP contribution in [0.25, 0.3) is 0 Å². The zero-order chi connectivity index (χ0) is 19.4. The second kappa shape index (κ2) is 8.44. The summed E-state index contributed by atoms with van der Waals surface area (Å²) in [6, 6.07) is 15.0. The first-order chi connectivity index (χ1) is 12.9. The molecule has 142 valence electrons. The number of carbonyl (C=O) groups excluding carboxylic acids is 2. The van der Waals surface area contributed by atoms with Crippen LogP contribution in [0, 0.1) is 5.92 Å². The third-order valence-corrected chi connectivity index (χ3v) is 4.78. The van der Waals surface area contributed by atoms with E-state index in [-0.39, 0.29) is 12.5 Å². The molecule has 0 bridgehead atoms. The molecule has 6 heteroatoms. The molecule has 1 heterocycles. The van der Waals surface area contributed by atoms with E-state index >= 15 is 0 Å². The molecule has 1 aliphatic heterocycles. The van der Waals surface area contributed by atoms with Crippen LogP contribution in [0.1, 0.15) is 18.1 Å². The zero-order valence-corrected chi connectivity index (χ0v) is 16.1. The lowest BCUT2D eigenvalue weighted by Crippen LogP contribution is -2.39. The Labute approximate surface area is 163 Å². The van der Waals surface area contributed by atoms with Crippen LogP contribution in [0.15, 0.2) is 48.5 Å². The molecule has 5 nitrogen and oxygen atoms in total. The van der Waals surface area contributed by atoms with Gasteiger partial charge in [-0.3, -0.25) is 9.59 Å². The third-order valence-electron chi connectivity index (χ3n) is 4.54. The summed E-state index contributed by atoms with van der Waals surface area (Å²) < 4.78 is 11.0. The van der Waals surface area contributed by atoms with Gasteiger partial charge in [-0.25, -0.2) is 0 Å². The number of hydrogen-bond acceptors (Lipinski definition) is 4. The third kappa shape index (κ3) is 4.80. The maximum absolute atomic E-state index is 12.5. The molecule has 1 aliphatic rings. The topological polar surface area (TPSA) is 55.8 Å². The minimum atomic E-state index is -0.855. The van der Waals surface area contributed by atoms with Crippen molar-refractivity contribution in [1.29, 1.82) is 0 Å². The Morgan fingerprint density at radius 2 is 2.00 bits per heavy atom. The summed E-state index contributed by atoms with van der Waals surface area (Å²) in [7, 11) is 1.70. The van der Waals surface area contributed by atoms with Gasteiger partial charge in [0, 0.05) is 18.6 Å². The maximum Gasteiger partial charge on any atom is 0.313 e. The summed E-state index contributed by atoms with van der Waals surface area (Å²) >= 11 is 6.01. The molecule has 2 aromatic carbocycles. The molecule has 0 fully saturated rings. The van der Waals surface area contributed by atoms with Crippen LogP contribution in [-0.2, 0) is 27.3 Å². The lowest BCUT2D eigenvalue weighted by atomic mass is 9.97. The molecule has 0 saturated heterocycles. The van der Waals surface area contributed by atoms with E-state index in [0.29, 0.717) is 18.0 Å². The number of ether oxygens (including phenoxy) is 2. The second-order valence-electron chi connectivity index (χ2n) is 6.72. The highest BCUT2D eigenvalue weighted by molar-refractivity contribution is 6.30. The number of halogens is 1. The summed E-state index contributed by atoms with van der Waals surface area (Å²) in [6.45, 7) is 2.28. The molecule has 0 N–H and O–H groups in total. The molecule has 0 unspecified atom stereocenters. The van der Waals surface area contributed by atoms with Crippen LogP contribution >= 0.6 is 11.6 Å². The van der Waals surface area contributed by atoms with Gasteiger partial charge in [0.05, 0.1) is 5.92 Å². The SMILES string of the molecule is C[C@@H](OC(=O)[C@@H]1COc2ccc(Cl)cc2C1)C(=O)N(C)Cc1ccccc1. The van der Waals surface area contributed by atoms with E-state index in [1.54, 1.807) is 37.1 Å². The standard InChI is InChI=1S/C21H22ClNO4/c1-14(20(24)23(2)12-15-6-4-3-5-7-15)27-21(25)17-10-16-11-18(22)8-9-19(16)26-13-17/h3-9,11,14,17H,10,12-13H2,1-2H3/t14-,17+/m1/s1. The van der Waals surface area contributed by atoms with Crippen LogP contribution < -0.4 is 4.74 Å². The average molecular weight is 388 g/mol. The molecular weight excluding hydrogens is 366 g/mol. The van der Waals surface area contributed by atoms with Crippen molar-refractivity contribution in [1.82, 2.24) is 4.90 Å². The van der Waals surface area contributed by atoms with Crippen molar-refractivity contribution in [3.63, 3.8) is 0 Å². The van der Waals surface area contributed by atoms with E-state index < -0.39 is 18.0 Å². The van der Waals surface area contributed by atoms with Crippen molar-refractivity contribution in [2.24, 2.45) is 5.92 Å². The van der Waals surface area contributed by atoms with Crippen molar-refractivity contribution in [2.45, 2.75) is 26.0 Å². The highest BCUT2D eigenvalue weighted by atomic mass is 35.5. The number of hydrogen-bond donors (Lipinski definition) is 0. The van der Waals surface area contributed by atoms with Gasteiger partial charge in [-0.2, -0.15) is 0 Å². The minimum Gasteiger partial charge on any atom is -0.492 e. The Hall–Kier alpha value is -2.53. The van der Waals surface area contributed by atoms with Gasteiger partial charge >= 0.3 is 5.97 Å². The Bertz CT molecular complexity index is 824. The van der Waals surface area contributed by atoms with Gasteiger partial charge in [0.15, 0.2) is 6.10 Å². The van der Waals surface area contributed by atoms with E-state index in [4.69, 9.17) is 21.1 Å². The zero-order valence-electron chi connectivity index (χ0n) is 15.4. The monoisotopic (exact) mass is 387 g/mol. The van der Waals surface area contributed by atoms with Crippen molar-refractivity contribution in [3.8, 4) is 5.75 Å². The number of likely N-dealkylation sites (N-methyl/N-ethyl adjacent to an activating group) is 1. The van der Waals surface area contributed by atoms with Gasteiger partial charge < -0.3 is 14.4 Å². The molecule has 0 radical (unpaired) electrons. The van der Waals surface area contributed by atoms with E-state index in [1.165, 1.54) is 0 Å². The predicted molar refractivity (Wildman–Crippen MR) is 103 cm³/mol. The quantitative estimate of drug-likeness (QED) is 0.737. The number of nitrogens with zero attached hydrogens (tertiary/aromatic N) is 1. The van der Waals surface area contributed by atoms with E-state index in [1.807, 2.05) is 30.3 Å². The summed E-state index contributed by atoms with van der Waals surface area (Å²) in [5.41, 5.74) is 1.89. The van der Waals surface area contributed by atoms with Gasteiger partial charge in [0.2, 0.25) is 0 Å². The van der Waals surface area contributed by atoms with Gasteiger partial charge in [-0.1, -0.05) is 41.9 Å². The number of benzene rings is 2. The lowest BCUT2D eigenvalue weighted by molar-refractivity contribution is -0.163. The van der Waals surface area contributed by atoms with E-state index in [0.717, 1.165) is 16.9 Å². The smallest absolute Gasteiger partial charge is 0.313 e. The molecule has 27 heavy (non-hydrogen) atoms. The largest absolute Gasteiger partial charge is 0.492 e. The Morgan fingerprint density at radius 3 is 2.74 bits per heavy atom. The molecule has 3 rings (SSSR count). The second-order valence-corrected chi connectivity index (χ2v) is 7.16. The summed E-state index contributed by atoms with van der Waals surface area (Å²) in [5, 5.41) is 0.595. The fraction of sp³-hybridized carbons (Fsp3) is 0.333. The highest BCUT2D eigenvalue weighted by Crippen LogP contribution is 2.30. The average Bonchev–Trinajstić information content (AvgIpc) is 2.67. The normalized spacial score (nSPS) is 16.6. The molecule has 0 spiro atoms. The number of fused-ring (bicyclic) bond motifs is 1. The van der Waals surface area contributed by atoms with Crippen LogP contribution in [-0.4, -0.2) is 36.5 Å². The Balaban J connectivity index is 1.56. The van der Waals surface area contributed by atoms with Crippen LogP contribution in [0.5, 0.6) is 5.75 Å². The highest BCUT2D eigenvalue weighted by Gasteiger charge is 2.30. The van der Waals surface area contributed by atoms with Gasteiger partial charge in [0.25, 0.3) is 5.91 Å². The molecule has 0 aromatic heterocycles. The number of esters is 1. The van der Waals surface area contributed by atoms with Crippen LogP contribution in [0.2, 0.25) is 5.02 Å². The summed E-state index contributed by atoms with van der Waals surface area (Å²) in [6.07, 6.45) is -0.373. The molecule has 0 aliphatic carbocycles. The molecular formula is C21H22ClNO4. The number of rotatable bonds is 5. The van der Waals surface area contributed by atoms with Gasteiger partial charge in [0.1, 0.15) is 12.4 Å². The van der Waals surface area contributed by atoms with Gasteiger partial charge in [-0.05, 0) is 42.7 Å². The van der Waals surface area contributed by atoms with Crippen molar-refractivity contribution in [3.05, 3.63) is 64.7 Å².